The van der Waals surface area contributed by atoms with Gasteiger partial charge in [0, 0.05) is 25.2 Å². The number of hydrogen-bond donors (Lipinski definition) is 1. The van der Waals surface area contributed by atoms with Crippen molar-refractivity contribution >= 4 is 0 Å². The van der Waals surface area contributed by atoms with Crippen LogP contribution < -0.4 is 5.32 Å². The molecule has 0 aliphatic heterocycles. The molecule has 0 aromatic heterocycles. The van der Waals surface area contributed by atoms with Crippen molar-refractivity contribution in [3.8, 4) is 0 Å². The third-order valence-corrected chi connectivity index (χ3v) is 3.17. The van der Waals surface area contributed by atoms with Gasteiger partial charge >= 0.3 is 0 Å². The molecule has 2 nitrogen and oxygen atoms in total. The molecule has 0 radical (unpaired) electrons. The minimum Gasteiger partial charge on any atom is -0.313 e. The molecule has 1 unspecified atom stereocenters. The molecule has 96 valence electrons. The van der Waals surface area contributed by atoms with Crippen molar-refractivity contribution in [2.24, 2.45) is 0 Å². The molecule has 2 heteroatoms. The number of benzene rings is 1. The molecule has 1 rings (SSSR count). The second-order valence-electron chi connectivity index (χ2n) is 5.13. The van der Waals surface area contributed by atoms with E-state index >= 15 is 0 Å². The third-order valence-electron chi connectivity index (χ3n) is 3.17. The molecule has 0 aliphatic carbocycles. The quantitative estimate of drug-likeness (QED) is 0.780. The topological polar surface area (TPSA) is 15.3 Å². The first-order valence-corrected chi connectivity index (χ1v) is 6.57. The van der Waals surface area contributed by atoms with E-state index in [-0.39, 0.29) is 0 Å². The second-order valence-corrected chi connectivity index (χ2v) is 5.13. The van der Waals surface area contributed by atoms with Gasteiger partial charge in [0.1, 0.15) is 0 Å². The van der Waals surface area contributed by atoms with E-state index < -0.39 is 0 Å². The predicted molar refractivity (Wildman–Crippen MR) is 75.4 cm³/mol. The van der Waals surface area contributed by atoms with E-state index in [9.17, 15) is 0 Å². The SMILES string of the molecule is CC(C)NCC(C)N(C)CCc1ccccc1. The minimum absolute atomic E-state index is 0.569. The van der Waals surface area contributed by atoms with E-state index in [1.807, 2.05) is 0 Å². The van der Waals surface area contributed by atoms with Crippen molar-refractivity contribution in [1.82, 2.24) is 10.2 Å². The van der Waals surface area contributed by atoms with Gasteiger partial charge in [0.15, 0.2) is 0 Å². The summed E-state index contributed by atoms with van der Waals surface area (Å²) < 4.78 is 0. The summed E-state index contributed by atoms with van der Waals surface area (Å²) in [5, 5.41) is 3.48. The van der Waals surface area contributed by atoms with Crippen molar-refractivity contribution in [2.45, 2.75) is 39.3 Å². The van der Waals surface area contributed by atoms with Crippen LogP contribution in [0.25, 0.3) is 0 Å². The standard InChI is InChI=1S/C15H26N2/c1-13(2)16-12-14(3)17(4)11-10-15-8-6-5-7-9-15/h5-9,13-14,16H,10-12H2,1-4H3. The molecule has 1 aromatic rings. The van der Waals surface area contributed by atoms with Crippen LogP contribution in [0.4, 0.5) is 0 Å². The first-order chi connectivity index (χ1) is 8.09. The molecular weight excluding hydrogens is 208 g/mol. The number of likely N-dealkylation sites (N-methyl/N-ethyl adjacent to an activating group) is 1. The second kappa shape index (κ2) is 7.46. The zero-order valence-electron chi connectivity index (χ0n) is 11.6. The average Bonchev–Trinajstić information content (AvgIpc) is 2.34. The van der Waals surface area contributed by atoms with Gasteiger partial charge in [0.25, 0.3) is 0 Å². The summed E-state index contributed by atoms with van der Waals surface area (Å²) in [5.74, 6) is 0. The lowest BCUT2D eigenvalue weighted by molar-refractivity contribution is 0.250. The molecule has 1 aromatic carbocycles. The van der Waals surface area contributed by atoms with Crippen LogP contribution in [0.3, 0.4) is 0 Å². The lowest BCUT2D eigenvalue weighted by atomic mass is 10.1. The molecule has 17 heavy (non-hydrogen) atoms. The Hall–Kier alpha value is -0.860. The predicted octanol–water partition coefficient (Wildman–Crippen LogP) is 2.55. The van der Waals surface area contributed by atoms with E-state index in [0.717, 1.165) is 19.5 Å². The van der Waals surface area contributed by atoms with Crippen LogP contribution in [0.2, 0.25) is 0 Å². The van der Waals surface area contributed by atoms with E-state index in [1.54, 1.807) is 0 Å². The third kappa shape index (κ3) is 5.85. The van der Waals surface area contributed by atoms with E-state index in [0.29, 0.717) is 12.1 Å². The highest BCUT2D eigenvalue weighted by atomic mass is 15.1. The molecule has 0 spiro atoms. The highest BCUT2D eigenvalue weighted by Gasteiger charge is 2.08. The first-order valence-electron chi connectivity index (χ1n) is 6.57. The number of hydrogen-bond acceptors (Lipinski definition) is 2. The van der Waals surface area contributed by atoms with Crippen LogP contribution in [0.5, 0.6) is 0 Å². The monoisotopic (exact) mass is 234 g/mol. The van der Waals surface area contributed by atoms with Crippen LogP contribution in [-0.4, -0.2) is 37.1 Å². The summed E-state index contributed by atoms with van der Waals surface area (Å²) in [4.78, 5) is 2.42. The molecule has 1 N–H and O–H groups in total. The van der Waals surface area contributed by atoms with Gasteiger partial charge in [-0.05, 0) is 26.0 Å². The van der Waals surface area contributed by atoms with Gasteiger partial charge in [0.05, 0.1) is 0 Å². The lowest BCUT2D eigenvalue weighted by Crippen LogP contribution is -2.40. The van der Waals surface area contributed by atoms with E-state index in [4.69, 9.17) is 0 Å². The molecule has 1 atom stereocenters. The van der Waals surface area contributed by atoms with Crippen LogP contribution in [-0.2, 0) is 6.42 Å². The normalized spacial score (nSPS) is 13.3. The highest BCUT2D eigenvalue weighted by Crippen LogP contribution is 2.02. The van der Waals surface area contributed by atoms with Crippen molar-refractivity contribution < 1.29 is 0 Å². The maximum atomic E-state index is 3.48. The molecular formula is C15H26N2. The van der Waals surface area contributed by atoms with Gasteiger partial charge in [-0.2, -0.15) is 0 Å². The molecule has 0 heterocycles. The molecule has 0 amide bonds. The van der Waals surface area contributed by atoms with Crippen LogP contribution >= 0.6 is 0 Å². The van der Waals surface area contributed by atoms with Crippen molar-refractivity contribution in [3.63, 3.8) is 0 Å². The molecule has 0 bridgehead atoms. The molecule has 0 aliphatic rings. The zero-order valence-corrected chi connectivity index (χ0v) is 11.6. The summed E-state index contributed by atoms with van der Waals surface area (Å²) >= 11 is 0. The van der Waals surface area contributed by atoms with Gasteiger partial charge in [0.2, 0.25) is 0 Å². The number of nitrogens with zero attached hydrogens (tertiary/aromatic N) is 1. The Morgan fingerprint density at radius 2 is 1.76 bits per heavy atom. The maximum absolute atomic E-state index is 3.48. The average molecular weight is 234 g/mol. The van der Waals surface area contributed by atoms with E-state index in [1.165, 1.54) is 5.56 Å². The van der Waals surface area contributed by atoms with Gasteiger partial charge in [-0.3, -0.25) is 0 Å². The van der Waals surface area contributed by atoms with Gasteiger partial charge in [-0.15, -0.1) is 0 Å². The largest absolute Gasteiger partial charge is 0.313 e. The Morgan fingerprint density at radius 3 is 2.35 bits per heavy atom. The molecule has 0 saturated carbocycles. The Morgan fingerprint density at radius 1 is 1.12 bits per heavy atom. The fourth-order valence-electron chi connectivity index (χ4n) is 1.73. The van der Waals surface area contributed by atoms with Gasteiger partial charge in [-0.25, -0.2) is 0 Å². The molecule has 0 saturated heterocycles. The van der Waals surface area contributed by atoms with E-state index in [2.05, 4.69) is 68.4 Å². The Balaban J connectivity index is 2.26. The van der Waals surface area contributed by atoms with Crippen LogP contribution in [0.1, 0.15) is 26.3 Å². The van der Waals surface area contributed by atoms with Crippen LogP contribution in [0.15, 0.2) is 30.3 Å². The smallest absolute Gasteiger partial charge is 0.0189 e. The van der Waals surface area contributed by atoms with Gasteiger partial charge in [-0.1, -0.05) is 44.2 Å². The summed E-state index contributed by atoms with van der Waals surface area (Å²) in [7, 11) is 2.20. The fraction of sp³-hybridized carbons (Fsp3) is 0.600. The Kier molecular flexibility index (Phi) is 6.23. The number of nitrogens with one attached hydrogen (secondary N) is 1. The van der Waals surface area contributed by atoms with Crippen molar-refractivity contribution in [2.75, 3.05) is 20.1 Å². The van der Waals surface area contributed by atoms with Crippen molar-refractivity contribution in [1.29, 1.82) is 0 Å². The summed E-state index contributed by atoms with van der Waals surface area (Å²) in [6, 6.07) is 11.8. The molecule has 0 fully saturated rings. The summed E-state index contributed by atoms with van der Waals surface area (Å²) in [5.41, 5.74) is 1.42. The van der Waals surface area contributed by atoms with Gasteiger partial charge < -0.3 is 10.2 Å². The Bertz CT molecular complexity index is 295. The Labute approximate surface area is 106 Å². The number of rotatable bonds is 7. The van der Waals surface area contributed by atoms with Crippen LogP contribution in [0, 0.1) is 0 Å². The first kappa shape index (κ1) is 14.2. The fourth-order valence-corrected chi connectivity index (χ4v) is 1.73. The maximum Gasteiger partial charge on any atom is 0.0189 e. The van der Waals surface area contributed by atoms with Crippen molar-refractivity contribution in [3.05, 3.63) is 35.9 Å². The summed E-state index contributed by atoms with van der Waals surface area (Å²) in [6.07, 6.45) is 1.13. The highest BCUT2D eigenvalue weighted by molar-refractivity contribution is 5.14. The minimum atomic E-state index is 0.569. The lowest BCUT2D eigenvalue weighted by Gasteiger charge is -2.25. The summed E-state index contributed by atoms with van der Waals surface area (Å²) in [6.45, 7) is 8.83. The zero-order chi connectivity index (χ0) is 12.7.